The monoisotopic (exact) mass is 195 g/mol. The Morgan fingerprint density at radius 2 is 1.86 bits per heavy atom. The lowest BCUT2D eigenvalue weighted by molar-refractivity contribution is -0.427. The number of rotatable bonds is 2. The Labute approximate surface area is 75.3 Å². The number of hydrogen-bond acceptors (Lipinski definition) is 7. The summed E-state index contributed by atoms with van der Waals surface area (Å²) in [6, 6.07) is 0. The second kappa shape index (κ2) is 2.52. The molecule has 70 valence electrons. The summed E-state index contributed by atoms with van der Waals surface area (Å²) in [5.41, 5.74) is -0.794. The maximum Gasteiger partial charge on any atom is 0.420 e. The highest BCUT2D eigenvalue weighted by Gasteiger charge is 2.37. The molecule has 0 amide bonds. The van der Waals surface area contributed by atoms with E-state index < -0.39 is 22.4 Å². The van der Waals surface area contributed by atoms with Gasteiger partial charge in [0, 0.05) is 0 Å². The average molecular weight is 195 g/mol. The summed E-state index contributed by atoms with van der Waals surface area (Å²) in [7, 11) is 0. The van der Waals surface area contributed by atoms with Crippen molar-refractivity contribution in [3.63, 3.8) is 0 Å². The van der Waals surface area contributed by atoms with Crippen LogP contribution in [-0.4, -0.2) is 16.0 Å². The first kappa shape index (κ1) is 8.16. The molecule has 0 radical (unpaired) electrons. The van der Waals surface area contributed by atoms with Gasteiger partial charge in [0.1, 0.15) is 0 Å². The fourth-order valence-corrected chi connectivity index (χ4v) is 0.964. The second-order valence-electron chi connectivity index (χ2n) is 2.33. The van der Waals surface area contributed by atoms with E-state index in [4.69, 9.17) is 5.11 Å². The van der Waals surface area contributed by atoms with Crippen molar-refractivity contribution in [2.24, 2.45) is 20.5 Å². The van der Waals surface area contributed by atoms with Gasteiger partial charge >= 0.3 is 11.8 Å². The van der Waals surface area contributed by atoms with Gasteiger partial charge in [0.15, 0.2) is 5.70 Å². The van der Waals surface area contributed by atoms with Gasteiger partial charge in [-0.15, -0.1) is 10.2 Å². The first-order valence-electron chi connectivity index (χ1n) is 3.31. The van der Waals surface area contributed by atoms with Gasteiger partial charge in [0.05, 0.1) is 5.11 Å². The van der Waals surface area contributed by atoms with Crippen LogP contribution in [0.3, 0.4) is 0 Å². The molecule has 2 rings (SSSR count). The molecule has 0 spiro atoms. The number of carboxylic acid groups (broad SMARTS) is 1. The number of hydrogen-bond donors (Lipinski definition) is 1. The van der Waals surface area contributed by atoms with Crippen LogP contribution >= 0.6 is 0 Å². The van der Waals surface area contributed by atoms with Crippen molar-refractivity contribution in [3.05, 3.63) is 33.0 Å². The van der Waals surface area contributed by atoms with E-state index in [0.717, 1.165) is 0 Å². The van der Waals surface area contributed by atoms with Crippen molar-refractivity contribution < 1.29 is 14.8 Å². The number of fused-ring (bicyclic) bond motifs is 1. The molecule has 0 saturated carbocycles. The van der Waals surface area contributed by atoms with Gasteiger partial charge in [0.2, 0.25) is 11.4 Å². The van der Waals surface area contributed by atoms with Crippen LogP contribution < -0.4 is 0 Å². The van der Waals surface area contributed by atoms with Crippen molar-refractivity contribution in [2.45, 2.75) is 0 Å². The molecule has 14 heavy (non-hydrogen) atoms. The number of aliphatic carboxylic acids is 1. The molecule has 0 saturated heterocycles. The molecule has 0 bridgehead atoms. The largest absolute Gasteiger partial charge is 0.476 e. The van der Waals surface area contributed by atoms with Gasteiger partial charge in [0.25, 0.3) is 0 Å². The van der Waals surface area contributed by atoms with E-state index in [0.29, 0.717) is 0 Å². The number of nitrogens with zero attached hydrogens (tertiary/aromatic N) is 5. The zero-order valence-electron chi connectivity index (χ0n) is 6.41. The van der Waals surface area contributed by atoms with Crippen molar-refractivity contribution in [1.29, 1.82) is 0 Å². The molecular formula is C5HN5O4. The molecule has 2 aliphatic rings. The Bertz CT molecular complexity index is 427. The number of carbonyl (C=O) groups is 1. The Morgan fingerprint density at radius 3 is 2.43 bits per heavy atom. The fourth-order valence-electron chi connectivity index (χ4n) is 0.964. The van der Waals surface area contributed by atoms with Crippen molar-refractivity contribution in [3.8, 4) is 0 Å². The number of nitro groups is 1. The predicted octanol–water partition coefficient (Wildman–Crippen LogP) is 0.660. The summed E-state index contributed by atoms with van der Waals surface area (Å²) in [6.45, 7) is 0. The molecule has 0 aliphatic carbocycles. The molecule has 9 heteroatoms. The molecule has 0 aromatic rings. The third kappa shape index (κ3) is 0.920. The van der Waals surface area contributed by atoms with E-state index in [2.05, 4.69) is 20.5 Å². The predicted molar refractivity (Wildman–Crippen MR) is 38.4 cm³/mol. The minimum absolute atomic E-state index is 0.163. The van der Waals surface area contributed by atoms with Crippen molar-refractivity contribution >= 4 is 5.97 Å². The van der Waals surface area contributed by atoms with Gasteiger partial charge < -0.3 is 15.2 Å². The van der Waals surface area contributed by atoms with Gasteiger partial charge in [-0.2, -0.15) is 0 Å². The van der Waals surface area contributed by atoms with Gasteiger partial charge in [-0.05, 0) is 10.0 Å². The van der Waals surface area contributed by atoms with Crippen LogP contribution in [-0.2, 0) is 4.79 Å². The molecule has 0 aromatic heterocycles. The maximum atomic E-state index is 10.5. The van der Waals surface area contributed by atoms with Crippen LogP contribution in [0, 0.1) is 10.1 Å². The third-order valence-corrected chi connectivity index (χ3v) is 1.53. The quantitative estimate of drug-likeness (QED) is 0.512. The first-order chi connectivity index (χ1) is 6.61. The van der Waals surface area contributed by atoms with Gasteiger partial charge in [-0.25, -0.2) is 4.79 Å². The molecule has 0 fully saturated rings. The molecular weight excluding hydrogens is 194 g/mol. The standard InChI is InChI=1S/C5HN5O4/c11-5(12)3-1-2(7-8-3)4(9-6-1)10(13)14/h(H,11,12). The second-order valence-corrected chi connectivity index (χ2v) is 2.33. The molecule has 9 nitrogen and oxygen atoms in total. The van der Waals surface area contributed by atoms with E-state index >= 15 is 0 Å². The lowest BCUT2D eigenvalue weighted by Crippen LogP contribution is -1.98. The summed E-state index contributed by atoms with van der Waals surface area (Å²) >= 11 is 0. The van der Waals surface area contributed by atoms with Crippen LogP contribution in [0.2, 0.25) is 0 Å². The minimum Gasteiger partial charge on any atom is -0.476 e. The highest BCUT2D eigenvalue weighted by atomic mass is 16.6. The van der Waals surface area contributed by atoms with Gasteiger partial charge in [-0.1, -0.05) is 0 Å². The number of carboxylic acids is 1. The Hall–Kier alpha value is -2.45. The zero-order valence-corrected chi connectivity index (χ0v) is 6.41. The average Bonchev–Trinajstić information content (AvgIpc) is 2.59. The first-order valence-corrected chi connectivity index (χ1v) is 3.31. The van der Waals surface area contributed by atoms with E-state index in [1.165, 1.54) is 0 Å². The number of azo groups is 2. The van der Waals surface area contributed by atoms with Crippen LogP contribution in [0.25, 0.3) is 0 Å². The summed E-state index contributed by atoms with van der Waals surface area (Å²) in [5, 5.41) is 32.0. The Balaban J connectivity index is 2.57. The van der Waals surface area contributed by atoms with Crippen LogP contribution in [0.5, 0.6) is 0 Å². The minimum atomic E-state index is -1.35. The molecule has 0 aromatic carbocycles. The summed E-state index contributed by atoms with van der Waals surface area (Å²) < 4.78 is 0. The summed E-state index contributed by atoms with van der Waals surface area (Å²) in [5.74, 6) is -1.93. The lowest BCUT2D eigenvalue weighted by Gasteiger charge is -1.86. The normalized spacial score (nSPS) is 18.0. The maximum absolute atomic E-state index is 10.5. The molecule has 2 heterocycles. The molecule has 0 unspecified atom stereocenters. The van der Waals surface area contributed by atoms with E-state index in [1.807, 2.05) is 0 Å². The topological polar surface area (TPSA) is 130 Å². The Kier molecular flexibility index (Phi) is 1.47. The van der Waals surface area contributed by atoms with Crippen molar-refractivity contribution in [2.75, 3.05) is 0 Å². The highest BCUT2D eigenvalue weighted by molar-refractivity contribution is 5.88. The van der Waals surface area contributed by atoms with Crippen LogP contribution in [0.1, 0.15) is 0 Å². The molecule has 0 atom stereocenters. The smallest absolute Gasteiger partial charge is 0.420 e. The van der Waals surface area contributed by atoms with Crippen LogP contribution in [0.15, 0.2) is 43.4 Å². The van der Waals surface area contributed by atoms with E-state index in [9.17, 15) is 14.9 Å². The lowest BCUT2D eigenvalue weighted by atomic mass is 10.3. The van der Waals surface area contributed by atoms with E-state index in [1.54, 1.807) is 0 Å². The fraction of sp³-hybridized carbons (Fsp3) is 0. The summed E-state index contributed by atoms with van der Waals surface area (Å²) in [4.78, 5) is 20.1. The Morgan fingerprint density at radius 1 is 1.21 bits per heavy atom. The molecule has 2 aliphatic heterocycles. The third-order valence-electron chi connectivity index (χ3n) is 1.53. The highest BCUT2D eigenvalue weighted by Crippen LogP contribution is 2.34. The summed E-state index contributed by atoms with van der Waals surface area (Å²) in [6.07, 6.45) is 0. The SMILES string of the molecule is O=C(O)C1=C2N=NC([N+](=O)[O-])=C2N=N1. The van der Waals surface area contributed by atoms with Gasteiger partial charge in [-0.3, -0.25) is 0 Å². The van der Waals surface area contributed by atoms with Crippen molar-refractivity contribution in [1.82, 2.24) is 0 Å². The van der Waals surface area contributed by atoms with E-state index in [-0.39, 0.29) is 11.4 Å². The zero-order chi connectivity index (χ0) is 10.3. The molecule has 1 N–H and O–H groups in total. The van der Waals surface area contributed by atoms with Crippen LogP contribution in [0.4, 0.5) is 0 Å².